The lowest BCUT2D eigenvalue weighted by molar-refractivity contribution is 0.927. The maximum atomic E-state index is 5.45. The van der Waals surface area contributed by atoms with E-state index in [-0.39, 0.29) is 0 Å². The Kier molecular flexibility index (Phi) is 4.89. The summed E-state index contributed by atoms with van der Waals surface area (Å²) in [6.07, 6.45) is 4.41. The van der Waals surface area contributed by atoms with Crippen LogP contribution in [0.5, 0.6) is 0 Å². The van der Waals surface area contributed by atoms with Crippen molar-refractivity contribution in [3.8, 4) is 0 Å². The second-order valence-corrected chi connectivity index (χ2v) is 3.97. The van der Waals surface area contributed by atoms with Gasteiger partial charge in [-0.05, 0) is 36.2 Å². The molecule has 1 heterocycles. The van der Waals surface area contributed by atoms with Crippen LogP contribution in [0.1, 0.15) is 5.56 Å². The number of nitrogens with one attached hydrogen (secondary N) is 2. The Labute approximate surface area is 112 Å². The van der Waals surface area contributed by atoms with E-state index >= 15 is 0 Å². The van der Waals surface area contributed by atoms with E-state index < -0.39 is 0 Å². The normalized spacial score (nSPS) is 11.1. The SMILES string of the molecule is NNC(=NCCc1ccncc1)Nc1ccccc1. The van der Waals surface area contributed by atoms with Crippen LogP contribution in [-0.2, 0) is 6.42 Å². The summed E-state index contributed by atoms with van der Waals surface area (Å²) in [5.41, 5.74) is 4.71. The Hall–Kier alpha value is -2.40. The number of guanidine groups is 1. The van der Waals surface area contributed by atoms with Crippen molar-refractivity contribution >= 4 is 11.6 Å². The van der Waals surface area contributed by atoms with E-state index in [1.807, 2.05) is 42.5 Å². The van der Waals surface area contributed by atoms with Gasteiger partial charge in [0.1, 0.15) is 0 Å². The minimum absolute atomic E-state index is 0.556. The zero-order valence-electron chi connectivity index (χ0n) is 10.6. The fourth-order valence-electron chi connectivity index (χ4n) is 1.63. The third-order valence-electron chi connectivity index (χ3n) is 2.59. The molecule has 0 saturated heterocycles. The van der Waals surface area contributed by atoms with Crippen LogP contribution in [0.2, 0.25) is 0 Å². The number of hydrogen-bond acceptors (Lipinski definition) is 3. The van der Waals surface area contributed by atoms with Gasteiger partial charge in [-0.25, -0.2) is 5.84 Å². The van der Waals surface area contributed by atoms with Crippen LogP contribution in [0.3, 0.4) is 0 Å². The standard InChI is InChI=1S/C14H17N5/c15-19-14(18-13-4-2-1-3-5-13)17-11-8-12-6-9-16-10-7-12/h1-7,9-10H,8,11,15H2,(H2,17,18,19). The predicted octanol–water partition coefficient (Wildman–Crippen LogP) is 1.56. The third-order valence-corrected chi connectivity index (χ3v) is 2.59. The van der Waals surface area contributed by atoms with Crippen LogP contribution in [0.25, 0.3) is 0 Å². The summed E-state index contributed by atoms with van der Waals surface area (Å²) in [7, 11) is 0. The summed E-state index contributed by atoms with van der Waals surface area (Å²) in [4.78, 5) is 8.36. The molecule has 0 radical (unpaired) electrons. The number of hydrazine groups is 1. The van der Waals surface area contributed by atoms with E-state index in [2.05, 4.69) is 20.7 Å². The summed E-state index contributed by atoms with van der Waals surface area (Å²) < 4.78 is 0. The third kappa shape index (κ3) is 4.40. The molecule has 19 heavy (non-hydrogen) atoms. The van der Waals surface area contributed by atoms with Crippen molar-refractivity contribution in [2.75, 3.05) is 11.9 Å². The minimum Gasteiger partial charge on any atom is -0.325 e. The molecule has 0 aliphatic carbocycles. The Morgan fingerprint density at radius 2 is 1.84 bits per heavy atom. The Morgan fingerprint density at radius 3 is 2.53 bits per heavy atom. The molecule has 5 nitrogen and oxygen atoms in total. The molecule has 4 N–H and O–H groups in total. The first kappa shape index (κ1) is 13.0. The molecule has 0 amide bonds. The molecule has 98 valence electrons. The molecule has 0 bridgehead atoms. The van der Waals surface area contributed by atoms with Crippen molar-refractivity contribution in [2.45, 2.75) is 6.42 Å². The van der Waals surface area contributed by atoms with E-state index in [1.54, 1.807) is 12.4 Å². The molecule has 0 unspecified atom stereocenters. The second kappa shape index (κ2) is 7.13. The number of aromatic nitrogens is 1. The molecular weight excluding hydrogens is 238 g/mol. The molecule has 0 fully saturated rings. The summed E-state index contributed by atoms with van der Waals surface area (Å²) in [6, 6.07) is 13.7. The topological polar surface area (TPSA) is 75.3 Å². The van der Waals surface area contributed by atoms with Crippen LogP contribution < -0.4 is 16.6 Å². The van der Waals surface area contributed by atoms with Gasteiger partial charge in [-0.1, -0.05) is 18.2 Å². The first-order chi connectivity index (χ1) is 9.38. The Balaban J connectivity index is 1.89. The molecule has 0 saturated carbocycles. The lowest BCUT2D eigenvalue weighted by Gasteiger charge is -2.08. The minimum atomic E-state index is 0.556. The smallest absolute Gasteiger partial charge is 0.210 e. The van der Waals surface area contributed by atoms with Gasteiger partial charge in [0.25, 0.3) is 0 Å². The van der Waals surface area contributed by atoms with Crippen molar-refractivity contribution in [3.05, 3.63) is 60.4 Å². The molecule has 1 aromatic carbocycles. The lowest BCUT2D eigenvalue weighted by Crippen LogP contribution is -2.36. The quantitative estimate of drug-likeness (QED) is 0.335. The van der Waals surface area contributed by atoms with Crippen LogP contribution in [-0.4, -0.2) is 17.5 Å². The maximum Gasteiger partial charge on any atom is 0.210 e. The molecule has 0 atom stereocenters. The van der Waals surface area contributed by atoms with Crippen LogP contribution >= 0.6 is 0 Å². The van der Waals surface area contributed by atoms with Gasteiger partial charge in [-0.2, -0.15) is 0 Å². The molecule has 2 aromatic rings. The van der Waals surface area contributed by atoms with Crippen molar-refractivity contribution in [1.29, 1.82) is 0 Å². The van der Waals surface area contributed by atoms with Crippen molar-refractivity contribution < 1.29 is 0 Å². The van der Waals surface area contributed by atoms with Crippen LogP contribution in [0.15, 0.2) is 59.9 Å². The average Bonchev–Trinajstić information content (AvgIpc) is 2.48. The molecular formula is C14H17N5. The van der Waals surface area contributed by atoms with E-state index in [0.717, 1.165) is 12.1 Å². The van der Waals surface area contributed by atoms with Gasteiger partial charge in [0.15, 0.2) is 0 Å². The van der Waals surface area contributed by atoms with Crippen molar-refractivity contribution in [3.63, 3.8) is 0 Å². The van der Waals surface area contributed by atoms with Crippen LogP contribution in [0.4, 0.5) is 5.69 Å². The number of pyridine rings is 1. The molecule has 1 aromatic heterocycles. The van der Waals surface area contributed by atoms with Gasteiger partial charge in [0.05, 0.1) is 0 Å². The monoisotopic (exact) mass is 255 g/mol. The van der Waals surface area contributed by atoms with Crippen molar-refractivity contribution in [1.82, 2.24) is 10.4 Å². The van der Waals surface area contributed by atoms with Gasteiger partial charge < -0.3 is 5.32 Å². The molecule has 5 heteroatoms. The molecule has 0 spiro atoms. The van der Waals surface area contributed by atoms with Crippen LogP contribution in [0, 0.1) is 0 Å². The number of nitrogens with zero attached hydrogens (tertiary/aromatic N) is 2. The van der Waals surface area contributed by atoms with E-state index in [4.69, 9.17) is 5.84 Å². The number of hydrogen-bond donors (Lipinski definition) is 3. The number of aliphatic imine (C=N–C) groups is 1. The number of anilines is 1. The number of rotatable bonds is 4. The number of nitrogens with two attached hydrogens (primary N) is 1. The van der Waals surface area contributed by atoms with Gasteiger partial charge in [0, 0.05) is 24.6 Å². The van der Waals surface area contributed by atoms with E-state index in [9.17, 15) is 0 Å². The van der Waals surface area contributed by atoms with Gasteiger partial charge in [-0.15, -0.1) is 0 Å². The fourth-order valence-corrected chi connectivity index (χ4v) is 1.63. The highest BCUT2D eigenvalue weighted by Gasteiger charge is 1.97. The van der Waals surface area contributed by atoms with Gasteiger partial charge in [-0.3, -0.25) is 15.4 Å². The Bertz CT molecular complexity index is 510. The first-order valence-corrected chi connectivity index (χ1v) is 6.10. The highest BCUT2D eigenvalue weighted by atomic mass is 15.3. The highest BCUT2D eigenvalue weighted by molar-refractivity contribution is 5.93. The molecule has 0 aliphatic rings. The summed E-state index contributed by atoms with van der Waals surface area (Å²) in [6.45, 7) is 0.656. The zero-order chi connectivity index (χ0) is 13.3. The first-order valence-electron chi connectivity index (χ1n) is 6.10. The van der Waals surface area contributed by atoms with E-state index in [1.165, 1.54) is 5.56 Å². The van der Waals surface area contributed by atoms with Gasteiger partial charge in [0.2, 0.25) is 5.96 Å². The summed E-state index contributed by atoms with van der Waals surface area (Å²) in [5.74, 6) is 6.00. The number of benzene rings is 1. The zero-order valence-corrected chi connectivity index (χ0v) is 10.6. The predicted molar refractivity (Wildman–Crippen MR) is 77.6 cm³/mol. The van der Waals surface area contributed by atoms with Crippen molar-refractivity contribution in [2.24, 2.45) is 10.8 Å². The largest absolute Gasteiger partial charge is 0.325 e. The van der Waals surface area contributed by atoms with E-state index in [0.29, 0.717) is 12.5 Å². The summed E-state index contributed by atoms with van der Waals surface area (Å²) >= 11 is 0. The van der Waals surface area contributed by atoms with Gasteiger partial charge >= 0.3 is 0 Å². The lowest BCUT2D eigenvalue weighted by atomic mass is 10.2. The fraction of sp³-hybridized carbons (Fsp3) is 0.143. The average molecular weight is 255 g/mol. The maximum absolute atomic E-state index is 5.45. The second-order valence-electron chi connectivity index (χ2n) is 3.97. The number of para-hydroxylation sites is 1. The molecule has 0 aliphatic heterocycles. The molecule has 2 rings (SSSR count). The summed E-state index contributed by atoms with van der Waals surface area (Å²) in [5, 5.41) is 3.12. The highest BCUT2D eigenvalue weighted by Crippen LogP contribution is 2.04. The Morgan fingerprint density at radius 1 is 1.11 bits per heavy atom.